The summed E-state index contributed by atoms with van der Waals surface area (Å²) in [5.74, 6) is 0.909. The first-order valence-corrected chi connectivity index (χ1v) is 6.79. The average molecular weight is 266 g/mol. The highest BCUT2D eigenvalue weighted by molar-refractivity contribution is 6.31. The number of nitrogen functional groups attached to an aromatic ring is 1. The van der Waals surface area contributed by atoms with E-state index in [0.717, 1.165) is 31.1 Å². The van der Waals surface area contributed by atoms with Gasteiger partial charge < -0.3 is 5.73 Å². The number of hydrogen-bond donors (Lipinski definition) is 2. The fraction of sp³-hybridized carbons (Fsp3) is 0.500. The number of likely N-dealkylation sites (tertiary alicyclic amines) is 1. The number of hydrogen-bond acceptors (Lipinski definition) is 2. The average Bonchev–Trinajstić information content (AvgIpc) is 2.34. The van der Waals surface area contributed by atoms with Crippen molar-refractivity contribution in [1.29, 1.82) is 5.41 Å². The van der Waals surface area contributed by atoms with Gasteiger partial charge in [0.1, 0.15) is 5.84 Å². The van der Waals surface area contributed by atoms with Crippen molar-refractivity contribution in [3.05, 3.63) is 34.3 Å². The molecule has 0 radical (unpaired) electrons. The zero-order valence-electron chi connectivity index (χ0n) is 10.7. The molecule has 98 valence electrons. The third-order valence-corrected chi connectivity index (χ3v) is 3.99. The molecule has 18 heavy (non-hydrogen) atoms. The summed E-state index contributed by atoms with van der Waals surface area (Å²) in [6.45, 7) is 5.49. The number of piperidine rings is 1. The normalized spacial score (nSPS) is 17.9. The molecule has 3 N–H and O–H groups in total. The van der Waals surface area contributed by atoms with Gasteiger partial charge in [-0.3, -0.25) is 10.3 Å². The lowest BCUT2D eigenvalue weighted by atomic mass is 9.99. The summed E-state index contributed by atoms with van der Waals surface area (Å²) in [5, 5.41) is 8.10. The molecule has 2 rings (SSSR count). The summed E-state index contributed by atoms with van der Waals surface area (Å²) in [6.07, 6.45) is 2.53. The second kappa shape index (κ2) is 5.72. The molecule has 0 aromatic heterocycles. The van der Waals surface area contributed by atoms with Gasteiger partial charge in [0.25, 0.3) is 0 Å². The molecule has 0 unspecified atom stereocenters. The number of nitrogens with one attached hydrogen (secondary N) is 1. The minimum absolute atomic E-state index is 0.0650. The molecule has 1 fully saturated rings. The third kappa shape index (κ3) is 3.24. The predicted octanol–water partition coefficient (Wildman–Crippen LogP) is 2.86. The van der Waals surface area contributed by atoms with E-state index in [1.54, 1.807) is 6.07 Å². The Balaban J connectivity index is 2.03. The molecular weight excluding hydrogens is 246 g/mol. The molecule has 3 nitrogen and oxygen atoms in total. The van der Waals surface area contributed by atoms with Gasteiger partial charge in [-0.2, -0.15) is 0 Å². The molecule has 4 heteroatoms. The fourth-order valence-electron chi connectivity index (χ4n) is 2.30. The first kappa shape index (κ1) is 13.4. The zero-order chi connectivity index (χ0) is 13.1. The molecule has 1 aromatic carbocycles. The van der Waals surface area contributed by atoms with Crippen molar-refractivity contribution in [2.24, 2.45) is 11.7 Å². The van der Waals surface area contributed by atoms with Crippen molar-refractivity contribution >= 4 is 17.4 Å². The van der Waals surface area contributed by atoms with Gasteiger partial charge in [-0.25, -0.2) is 0 Å². The number of benzene rings is 1. The summed E-state index contributed by atoms with van der Waals surface area (Å²) in [5.41, 5.74) is 7.26. The van der Waals surface area contributed by atoms with Crippen molar-refractivity contribution in [3.63, 3.8) is 0 Å². The topological polar surface area (TPSA) is 53.1 Å². The van der Waals surface area contributed by atoms with Crippen LogP contribution < -0.4 is 5.73 Å². The Labute approximate surface area is 113 Å². The lowest BCUT2D eigenvalue weighted by Crippen LogP contribution is -2.32. The van der Waals surface area contributed by atoms with Gasteiger partial charge >= 0.3 is 0 Å². The summed E-state index contributed by atoms with van der Waals surface area (Å²) in [4.78, 5) is 2.44. The van der Waals surface area contributed by atoms with Crippen LogP contribution in [0.2, 0.25) is 5.02 Å². The van der Waals surface area contributed by atoms with Crippen LogP contribution in [-0.2, 0) is 6.54 Å². The van der Waals surface area contributed by atoms with E-state index >= 15 is 0 Å². The summed E-state index contributed by atoms with van der Waals surface area (Å²) < 4.78 is 0. The molecule has 0 saturated carbocycles. The van der Waals surface area contributed by atoms with Gasteiger partial charge in [0.05, 0.1) is 0 Å². The van der Waals surface area contributed by atoms with E-state index in [1.807, 2.05) is 12.1 Å². The number of halogens is 1. The molecular formula is C14H20ClN3. The highest BCUT2D eigenvalue weighted by atomic mass is 35.5. The summed E-state index contributed by atoms with van der Waals surface area (Å²) in [6, 6.07) is 5.64. The van der Waals surface area contributed by atoms with Crippen LogP contribution in [0.5, 0.6) is 0 Å². The Hall–Kier alpha value is -1.06. The number of nitrogens with two attached hydrogens (primary N) is 1. The van der Waals surface area contributed by atoms with E-state index in [1.165, 1.54) is 12.8 Å². The van der Waals surface area contributed by atoms with E-state index < -0.39 is 0 Å². The summed E-state index contributed by atoms with van der Waals surface area (Å²) >= 11 is 6.24. The Bertz CT molecular complexity index is 437. The van der Waals surface area contributed by atoms with Gasteiger partial charge in [0.15, 0.2) is 0 Å². The second-order valence-electron chi connectivity index (χ2n) is 5.18. The smallest absolute Gasteiger partial charge is 0.122 e. The molecule has 0 atom stereocenters. The van der Waals surface area contributed by atoms with Gasteiger partial charge in [0, 0.05) is 17.1 Å². The Kier molecular flexibility index (Phi) is 4.25. The molecule has 1 aliphatic heterocycles. The quantitative estimate of drug-likeness (QED) is 0.652. The largest absolute Gasteiger partial charge is 0.384 e. The number of nitrogens with zero attached hydrogens (tertiary/aromatic N) is 1. The number of rotatable bonds is 3. The van der Waals surface area contributed by atoms with Crippen molar-refractivity contribution in [2.75, 3.05) is 13.1 Å². The van der Waals surface area contributed by atoms with E-state index in [2.05, 4.69) is 11.8 Å². The van der Waals surface area contributed by atoms with Crippen LogP contribution in [0.25, 0.3) is 0 Å². The molecule has 0 aliphatic carbocycles. The first-order chi connectivity index (χ1) is 8.56. The van der Waals surface area contributed by atoms with Crippen molar-refractivity contribution in [2.45, 2.75) is 26.3 Å². The van der Waals surface area contributed by atoms with Crippen LogP contribution in [0, 0.1) is 11.3 Å². The molecule has 1 heterocycles. The van der Waals surface area contributed by atoms with Crippen molar-refractivity contribution in [1.82, 2.24) is 4.90 Å². The van der Waals surface area contributed by atoms with E-state index in [9.17, 15) is 0 Å². The summed E-state index contributed by atoms with van der Waals surface area (Å²) in [7, 11) is 0. The van der Waals surface area contributed by atoms with E-state index in [-0.39, 0.29) is 5.84 Å². The lowest BCUT2D eigenvalue weighted by Gasteiger charge is -2.30. The Morgan fingerprint density at radius 2 is 2.11 bits per heavy atom. The zero-order valence-corrected chi connectivity index (χ0v) is 11.5. The first-order valence-electron chi connectivity index (χ1n) is 6.41. The molecule has 1 aliphatic rings. The van der Waals surface area contributed by atoms with Gasteiger partial charge in [0.2, 0.25) is 0 Å². The van der Waals surface area contributed by atoms with Crippen molar-refractivity contribution < 1.29 is 0 Å². The second-order valence-corrected chi connectivity index (χ2v) is 5.59. The highest BCUT2D eigenvalue weighted by Gasteiger charge is 2.16. The Morgan fingerprint density at radius 3 is 2.67 bits per heavy atom. The van der Waals surface area contributed by atoms with Crippen LogP contribution in [0.3, 0.4) is 0 Å². The predicted molar refractivity (Wildman–Crippen MR) is 76.1 cm³/mol. The SMILES string of the molecule is CC1CCN(Cc2ccc(C(=N)N)cc2Cl)CC1. The fourth-order valence-corrected chi connectivity index (χ4v) is 2.54. The van der Waals surface area contributed by atoms with E-state index in [0.29, 0.717) is 10.6 Å². The molecule has 0 spiro atoms. The van der Waals surface area contributed by atoms with Gasteiger partial charge in [-0.15, -0.1) is 0 Å². The maximum atomic E-state index is 7.39. The van der Waals surface area contributed by atoms with Crippen LogP contribution in [-0.4, -0.2) is 23.8 Å². The van der Waals surface area contributed by atoms with Crippen LogP contribution in [0.15, 0.2) is 18.2 Å². The Morgan fingerprint density at radius 1 is 1.44 bits per heavy atom. The van der Waals surface area contributed by atoms with E-state index in [4.69, 9.17) is 22.7 Å². The maximum Gasteiger partial charge on any atom is 0.122 e. The number of amidine groups is 1. The maximum absolute atomic E-state index is 7.39. The monoisotopic (exact) mass is 265 g/mol. The molecule has 1 aromatic rings. The standard InChI is InChI=1S/C14H20ClN3/c1-10-4-6-18(7-5-10)9-12-3-2-11(14(16)17)8-13(12)15/h2-3,8,10H,4-7,9H2,1H3,(H3,16,17). The minimum Gasteiger partial charge on any atom is -0.384 e. The lowest BCUT2D eigenvalue weighted by molar-refractivity contribution is 0.185. The van der Waals surface area contributed by atoms with Crippen LogP contribution >= 0.6 is 11.6 Å². The molecule has 1 saturated heterocycles. The van der Waals surface area contributed by atoms with Crippen LogP contribution in [0.4, 0.5) is 0 Å². The van der Waals surface area contributed by atoms with Crippen molar-refractivity contribution in [3.8, 4) is 0 Å². The van der Waals surface area contributed by atoms with Gasteiger partial charge in [-0.1, -0.05) is 30.7 Å². The third-order valence-electron chi connectivity index (χ3n) is 3.63. The highest BCUT2D eigenvalue weighted by Crippen LogP contribution is 2.23. The van der Waals surface area contributed by atoms with Gasteiger partial charge in [-0.05, 0) is 43.5 Å². The van der Waals surface area contributed by atoms with Crippen LogP contribution in [0.1, 0.15) is 30.9 Å². The molecule has 0 amide bonds. The minimum atomic E-state index is 0.0650. The molecule has 0 bridgehead atoms.